The van der Waals surface area contributed by atoms with E-state index in [2.05, 4.69) is 0 Å². The van der Waals surface area contributed by atoms with Crippen LogP contribution in [0.25, 0.3) is 0 Å². The maximum Gasteiger partial charge on any atom is 0.187 e. The van der Waals surface area contributed by atoms with E-state index < -0.39 is 85.6 Å². The minimum atomic E-state index is -1.38. The van der Waals surface area contributed by atoms with Gasteiger partial charge in [-0.3, -0.25) is 0 Å². The number of hydrogen-bond acceptors (Lipinski definition) is 12. The van der Waals surface area contributed by atoms with E-state index in [4.69, 9.17) is 52.1 Å². The minimum absolute atomic E-state index is 0.175. The van der Waals surface area contributed by atoms with Gasteiger partial charge >= 0.3 is 0 Å². The monoisotopic (exact) mass is 1010 g/mol. The van der Waals surface area contributed by atoms with Crippen molar-refractivity contribution in [2.75, 3.05) is 6.61 Å². The van der Waals surface area contributed by atoms with Crippen molar-refractivity contribution >= 4 is 0 Å². The van der Waals surface area contributed by atoms with Crippen molar-refractivity contribution in [1.82, 2.24) is 0 Å². The molecule has 12 heteroatoms. The summed E-state index contributed by atoms with van der Waals surface area (Å²) in [5.74, 6) is -0.420. The number of rotatable bonds is 23. The van der Waals surface area contributed by atoms with E-state index in [9.17, 15) is 5.11 Å². The molecule has 74 heavy (non-hydrogen) atoms. The molecule has 3 aliphatic rings. The van der Waals surface area contributed by atoms with Crippen molar-refractivity contribution < 1.29 is 57.2 Å². The van der Waals surface area contributed by atoms with Gasteiger partial charge in [0, 0.05) is 5.92 Å². The van der Waals surface area contributed by atoms with Crippen LogP contribution >= 0.6 is 0 Å². The highest BCUT2D eigenvalue weighted by atomic mass is 16.7. The Labute approximate surface area is 436 Å². The SMILES string of the molecule is CC1C(OCc2ccccc2)[C@H](OCc2ccccc2)[C@H](COCc2ccccc2)O[C@@H]1O[C@@H]1C(O)[C@H](OC2[C@H](C)OC(C)[C@H](OCc3ccccc3)[C@@H]2OCc2ccccc2)OC(C)[C@@H]1OCc1ccccc1. The highest BCUT2D eigenvalue weighted by Crippen LogP contribution is 2.38. The first-order valence-corrected chi connectivity index (χ1v) is 26.1. The zero-order valence-electron chi connectivity index (χ0n) is 42.9. The molecule has 0 aromatic heterocycles. The molecule has 0 spiro atoms. The van der Waals surface area contributed by atoms with Crippen LogP contribution in [0, 0.1) is 5.92 Å². The molecule has 1 N–H and O–H groups in total. The van der Waals surface area contributed by atoms with E-state index in [0.717, 1.165) is 33.4 Å². The summed E-state index contributed by atoms with van der Waals surface area (Å²) < 4.78 is 74.9. The van der Waals surface area contributed by atoms with Gasteiger partial charge in [-0.2, -0.15) is 0 Å². The molecule has 0 bridgehead atoms. The number of aliphatic hydroxyl groups is 1. The number of benzene rings is 6. The van der Waals surface area contributed by atoms with Crippen molar-refractivity contribution in [2.24, 2.45) is 5.92 Å². The van der Waals surface area contributed by atoms with Crippen LogP contribution < -0.4 is 0 Å². The third kappa shape index (κ3) is 14.4. The van der Waals surface area contributed by atoms with Crippen molar-refractivity contribution in [2.45, 2.75) is 153 Å². The molecule has 392 valence electrons. The Bertz CT molecular complexity index is 2490. The van der Waals surface area contributed by atoms with Crippen LogP contribution in [-0.4, -0.2) is 97.5 Å². The number of hydrogen-bond donors (Lipinski definition) is 1. The smallest absolute Gasteiger partial charge is 0.187 e. The van der Waals surface area contributed by atoms with Crippen molar-refractivity contribution in [3.8, 4) is 0 Å². The Morgan fingerprint density at radius 3 is 1.12 bits per heavy atom. The maximum absolute atomic E-state index is 12.8. The van der Waals surface area contributed by atoms with Crippen LogP contribution in [0.1, 0.15) is 61.1 Å². The Morgan fingerprint density at radius 1 is 0.338 bits per heavy atom. The van der Waals surface area contributed by atoms with Crippen LogP contribution in [0.5, 0.6) is 0 Å². The second-order valence-corrected chi connectivity index (χ2v) is 19.7. The summed E-state index contributed by atoms with van der Waals surface area (Å²) >= 11 is 0. The van der Waals surface area contributed by atoms with Gasteiger partial charge in [-0.1, -0.05) is 189 Å². The lowest BCUT2D eigenvalue weighted by Crippen LogP contribution is -2.65. The molecule has 3 fully saturated rings. The van der Waals surface area contributed by atoms with Gasteiger partial charge in [-0.05, 0) is 54.2 Å². The molecule has 6 aromatic rings. The van der Waals surface area contributed by atoms with Gasteiger partial charge in [-0.25, -0.2) is 0 Å². The average Bonchev–Trinajstić information content (AvgIpc) is 3.43. The Kier molecular flexibility index (Phi) is 19.6. The second kappa shape index (κ2) is 27.1. The Balaban J connectivity index is 1.01. The predicted molar refractivity (Wildman–Crippen MR) is 279 cm³/mol. The summed E-state index contributed by atoms with van der Waals surface area (Å²) in [6, 6.07) is 60.1. The first kappa shape index (κ1) is 53.7. The first-order valence-electron chi connectivity index (χ1n) is 26.1. The Hall–Kier alpha value is -5.16. The van der Waals surface area contributed by atoms with E-state index >= 15 is 0 Å². The fourth-order valence-corrected chi connectivity index (χ4v) is 10.1. The van der Waals surface area contributed by atoms with Gasteiger partial charge in [0.1, 0.15) is 48.8 Å². The standard InChI is InChI=1S/C62H72O12/c1-42-54(65-36-47-25-13-6-14-26-47)58(68-39-50-31-19-9-20-32-50)52(41-64-35-46-23-11-5-12-24-46)72-61(42)74-59-53(63)62(71-44(3)55(59)66-37-48-27-15-7-16-28-48)73-57-45(4)70-43(2)56(67-38-49-29-17-8-18-30-49)60(57)69-40-51-33-21-10-22-34-51/h5-34,42-45,52-63H,35-41H2,1-4H3/t42?,43?,44?,45-,52-,53?,54?,55-,56-,57?,58+,59+,60-,61+,62-/m0/s1. The van der Waals surface area contributed by atoms with E-state index in [1.54, 1.807) is 0 Å². The fraction of sp³-hybridized carbons (Fsp3) is 0.419. The topological polar surface area (TPSA) is 122 Å². The molecular formula is C62H72O12. The zero-order chi connectivity index (χ0) is 51.1. The molecule has 15 atom stereocenters. The molecule has 12 nitrogen and oxygen atoms in total. The molecular weight excluding hydrogens is 937 g/mol. The quantitative estimate of drug-likeness (QED) is 0.0658. The lowest BCUT2D eigenvalue weighted by atomic mass is 9.91. The fourth-order valence-electron chi connectivity index (χ4n) is 10.1. The average molecular weight is 1010 g/mol. The largest absolute Gasteiger partial charge is 0.385 e. The maximum atomic E-state index is 12.8. The van der Waals surface area contributed by atoms with Crippen molar-refractivity contribution in [1.29, 1.82) is 0 Å². The van der Waals surface area contributed by atoms with Crippen LogP contribution in [-0.2, 0) is 91.7 Å². The molecule has 9 rings (SSSR count). The summed E-state index contributed by atoms with van der Waals surface area (Å²) in [7, 11) is 0. The van der Waals surface area contributed by atoms with E-state index in [1.807, 2.05) is 210 Å². The first-order chi connectivity index (χ1) is 36.3. The van der Waals surface area contributed by atoms with Crippen molar-refractivity contribution in [3.63, 3.8) is 0 Å². The third-order valence-corrected chi connectivity index (χ3v) is 14.1. The van der Waals surface area contributed by atoms with Gasteiger partial charge < -0.3 is 57.2 Å². The van der Waals surface area contributed by atoms with Gasteiger partial charge in [0.2, 0.25) is 0 Å². The normalized spacial score (nSPS) is 30.2. The molecule has 0 saturated carbocycles. The molecule has 0 radical (unpaired) electrons. The summed E-state index contributed by atoms with van der Waals surface area (Å²) in [6.45, 7) is 9.98. The molecule has 3 aliphatic heterocycles. The summed E-state index contributed by atoms with van der Waals surface area (Å²) in [5.41, 5.74) is 6.03. The molecule has 3 saturated heterocycles. The highest BCUT2D eigenvalue weighted by molar-refractivity contribution is 5.18. The summed E-state index contributed by atoms with van der Waals surface area (Å²) in [5, 5.41) is 12.8. The van der Waals surface area contributed by atoms with Gasteiger partial charge in [0.15, 0.2) is 12.6 Å². The molecule has 6 unspecified atom stereocenters. The molecule has 6 aromatic carbocycles. The van der Waals surface area contributed by atoms with Gasteiger partial charge in [0.05, 0.1) is 70.7 Å². The van der Waals surface area contributed by atoms with Crippen molar-refractivity contribution in [3.05, 3.63) is 215 Å². The number of ether oxygens (including phenoxy) is 11. The highest BCUT2D eigenvalue weighted by Gasteiger charge is 2.54. The van der Waals surface area contributed by atoms with Crippen LogP contribution in [0.2, 0.25) is 0 Å². The van der Waals surface area contributed by atoms with Gasteiger partial charge in [-0.15, -0.1) is 0 Å². The second-order valence-electron chi connectivity index (χ2n) is 19.7. The van der Waals surface area contributed by atoms with E-state index in [1.165, 1.54) is 0 Å². The summed E-state index contributed by atoms with van der Waals surface area (Å²) in [4.78, 5) is 0. The zero-order valence-corrected chi connectivity index (χ0v) is 42.9. The predicted octanol–water partition coefficient (Wildman–Crippen LogP) is 10.2. The molecule has 0 aliphatic carbocycles. The van der Waals surface area contributed by atoms with E-state index in [-0.39, 0.29) is 19.3 Å². The lowest BCUT2D eigenvalue weighted by Gasteiger charge is -2.50. The number of aliphatic hydroxyl groups excluding tert-OH is 1. The third-order valence-electron chi connectivity index (χ3n) is 14.1. The van der Waals surface area contributed by atoms with E-state index in [0.29, 0.717) is 33.0 Å². The summed E-state index contributed by atoms with van der Waals surface area (Å²) in [6.07, 6.45) is -10.4. The lowest BCUT2D eigenvalue weighted by molar-refractivity contribution is -0.374. The molecule has 3 heterocycles. The van der Waals surface area contributed by atoms with Crippen LogP contribution in [0.3, 0.4) is 0 Å². The van der Waals surface area contributed by atoms with Crippen LogP contribution in [0.4, 0.5) is 0 Å². The Morgan fingerprint density at radius 2 is 0.676 bits per heavy atom. The minimum Gasteiger partial charge on any atom is -0.385 e. The van der Waals surface area contributed by atoms with Crippen LogP contribution in [0.15, 0.2) is 182 Å². The molecule has 0 amide bonds. The van der Waals surface area contributed by atoms with Gasteiger partial charge in [0.25, 0.3) is 0 Å².